The summed E-state index contributed by atoms with van der Waals surface area (Å²) in [5.74, 6) is 0.275. The van der Waals surface area contributed by atoms with Crippen LogP contribution in [0.15, 0.2) is 28.7 Å². The fourth-order valence-electron chi connectivity index (χ4n) is 1.72. The molecule has 2 aromatic rings. The molecular weight excluding hydrogens is 308 g/mol. The quantitative estimate of drug-likeness (QED) is 0.756. The number of amides is 1. The third-order valence-corrected chi connectivity index (χ3v) is 3.32. The van der Waals surface area contributed by atoms with Gasteiger partial charge < -0.3 is 11.1 Å². The summed E-state index contributed by atoms with van der Waals surface area (Å²) in [5.41, 5.74) is 7.71. The Bertz CT molecular complexity index is 594. The molecule has 0 radical (unpaired) electrons. The Hall–Kier alpha value is -1.82. The fourth-order valence-corrected chi connectivity index (χ4v) is 2.15. The molecule has 1 aromatic heterocycles. The van der Waals surface area contributed by atoms with Crippen molar-refractivity contribution in [3.05, 3.63) is 40.0 Å². The van der Waals surface area contributed by atoms with E-state index in [1.807, 2.05) is 6.07 Å². The smallest absolute Gasteiger partial charge is 0.258 e. The molecule has 0 saturated heterocycles. The number of rotatable bonds is 4. The van der Waals surface area contributed by atoms with Crippen molar-refractivity contribution in [1.82, 2.24) is 10.2 Å². The first-order valence-corrected chi connectivity index (χ1v) is 6.80. The Kier molecular flexibility index (Phi) is 4.21. The SMILES string of the molecule is CCCc1cc(NC(=O)c2cc(N)ccc2Br)n[nH]1. The third kappa shape index (κ3) is 3.35. The first kappa shape index (κ1) is 13.6. The van der Waals surface area contributed by atoms with E-state index >= 15 is 0 Å². The molecule has 5 nitrogen and oxygen atoms in total. The molecule has 0 aliphatic carbocycles. The minimum Gasteiger partial charge on any atom is -0.399 e. The van der Waals surface area contributed by atoms with Crippen LogP contribution in [0, 0.1) is 0 Å². The summed E-state index contributed by atoms with van der Waals surface area (Å²) in [4.78, 5) is 12.1. The van der Waals surface area contributed by atoms with Gasteiger partial charge in [0, 0.05) is 21.9 Å². The molecule has 1 aromatic carbocycles. The van der Waals surface area contributed by atoms with E-state index in [4.69, 9.17) is 5.73 Å². The number of nitrogens with zero attached hydrogens (tertiary/aromatic N) is 1. The Labute approximate surface area is 119 Å². The Morgan fingerprint density at radius 1 is 1.47 bits per heavy atom. The molecule has 0 aliphatic heterocycles. The van der Waals surface area contributed by atoms with E-state index < -0.39 is 0 Å². The molecule has 19 heavy (non-hydrogen) atoms. The highest BCUT2D eigenvalue weighted by Gasteiger charge is 2.12. The lowest BCUT2D eigenvalue weighted by Crippen LogP contribution is -2.13. The topological polar surface area (TPSA) is 83.8 Å². The molecular formula is C13H15BrN4O. The summed E-state index contributed by atoms with van der Waals surface area (Å²) < 4.78 is 0.698. The van der Waals surface area contributed by atoms with Crippen LogP contribution in [-0.4, -0.2) is 16.1 Å². The van der Waals surface area contributed by atoms with Gasteiger partial charge >= 0.3 is 0 Å². The zero-order chi connectivity index (χ0) is 13.8. The second-order valence-corrected chi connectivity index (χ2v) is 5.08. The van der Waals surface area contributed by atoms with Gasteiger partial charge in [-0.2, -0.15) is 5.10 Å². The zero-order valence-electron chi connectivity index (χ0n) is 10.5. The number of benzene rings is 1. The van der Waals surface area contributed by atoms with Crippen molar-refractivity contribution in [1.29, 1.82) is 0 Å². The average molecular weight is 323 g/mol. The third-order valence-electron chi connectivity index (χ3n) is 2.63. The number of anilines is 2. The van der Waals surface area contributed by atoms with Crippen LogP contribution >= 0.6 is 15.9 Å². The van der Waals surface area contributed by atoms with Crippen LogP contribution in [0.3, 0.4) is 0 Å². The van der Waals surface area contributed by atoms with Gasteiger partial charge in [-0.1, -0.05) is 13.3 Å². The van der Waals surface area contributed by atoms with Crippen LogP contribution in [0.1, 0.15) is 29.4 Å². The number of aromatic nitrogens is 2. The van der Waals surface area contributed by atoms with E-state index in [0.29, 0.717) is 21.5 Å². The Balaban J connectivity index is 2.13. The van der Waals surface area contributed by atoms with Crippen LogP contribution in [0.25, 0.3) is 0 Å². The number of aryl methyl sites for hydroxylation is 1. The molecule has 0 aliphatic rings. The number of nitrogens with one attached hydrogen (secondary N) is 2. The molecule has 1 heterocycles. The second-order valence-electron chi connectivity index (χ2n) is 4.22. The normalized spacial score (nSPS) is 10.4. The molecule has 100 valence electrons. The van der Waals surface area contributed by atoms with Gasteiger partial charge in [-0.05, 0) is 40.5 Å². The number of halogens is 1. The first-order chi connectivity index (χ1) is 9.10. The molecule has 2 rings (SSSR count). The maximum absolute atomic E-state index is 12.1. The van der Waals surface area contributed by atoms with Gasteiger partial charge in [0.15, 0.2) is 5.82 Å². The highest BCUT2D eigenvalue weighted by molar-refractivity contribution is 9.10. The van der Waals surface area contributed by atoms with E-state index in [0.717, 1.165) is 18.5 Å². The van der Waals surface area contributed by atoms with Crippen LogP contribution in [0.4, 0.5) is 11.5 Å². The average Bonchev–Trinajstić information content (AvgIpc) is 2.80. The molecule has 0 atom stereocenters. The van der Waals surface area contributed by atoms with Crippen LogP contribution < -0.4 is 11.1 Å². The molecule has 1 amide bonds. The van der Waals surface area contributed by atoms with Gasteiger partial charge in [-0.25, -0.2) is 0 Å². The summed E-state index contributed by atoms with van der Waals surface area (Å²) in [6, 6.07) is 6.94. The van der Waals surface area contributed by atoms with Crippen molar-refractivity contribution in [3.63, 3.8) is 0 Å². The lowest BCUT2D eigenvalue weighted by atomic mass is 10.2. The number of nitrogen functional groups attached to an aromatic ring is 1. The number of nitrogens with two attached hydrogens (primary N) is 1. The minimum absolute atomic E-state index is 0.242. The first-order valence-electron chi connectivity index (χ1n) is 6.01. The van der Waals surface area contributed by atoms with Gasteiger partial charge in [-0.3, -0.25) is 9.89 Å². The van der Waals surface area contributed by atoms with Gasteiger partial charge in [0.25, 0.3) is 5.91 Å². The van der Waals surface area contributed by atoms with E-state index in [1.54, 1.807) is 18.2 Å². The largest absolute Gasteiger partial charge is 0.399 e. The number of H-pyrrole nitrogens is 1. The highest BCUT2D eigenvalue weighted by atomic mass is 79.9. The standard InChI is InChI=1S/C13H15BrN4O/c1-2-3-9-7-12(18-17-9)16-13(19)10-6-8(15)4-5-11(10)14/h4-7H,2-3,15H2,1H3,(H2,16,17,18,19). The molecule has 0 fully saturated rings. The zero-order valence-corrected chi connectivity index (χ0v) is 12.1. The molecule has 0 unspecified atom stereocenters. The van der Waals surface area contributed by atoms with Crippen LogP contribution in [0.5, 0.6) is 0 Å². The lowest BCUT2D eigenvalue weighted by molar-refractivity contribution is 0.102. The van der Waals surface area contributed by atoms with Crippen molar-refractivity contribution in [2.45, 2.75) is 19.8 Å². The van der Waals surface area contributed by atoms with Crippen LogP contribution in [-0.2, 0) is 6.42 Å². The number of carbonyl (C=O) groups excluding carboxylic acids is 1. The van der Waals surface area contributed by atoms with Gasteiger partial charge in [0.05, 0.1) is 5.56 Å². The predicted molar refractivity (Wildman–Crippen MR) is 79.1 cm³/mol. The van der Waals surface area contributed by atoms with Crippen molar-refractivity contribution in [2.24, 2.45) is 0 Å². The lowest BCUT2D eigenvalue weighted by Gasteiger charge is -2.05. The van der Waals surface area contributed by atoms with Crippen molar-refractivity contribution in [3.8, 4) is 0 Å². The van der Waals surface area contributed by atoms with Crippen molar-refractivity contribution >= 4 is 33.3 Å². The van der Waals surface area contributed by atoms with E-state index in [-0.39, 0.29) is 5.91 Å². The second kappa shape index (κ2) is 5.88. The van der Waals surface area contributed by atoms with Crippen LogP contribution in [0.2, 0.25) is 0 Å². The van der Waals surface area contributed by atoms with Crippen molar-refractivity contribution in [2.75, 3.05) is 11.1 Å². The fraction of sp³-hybridized carbons (Fsp3) is 0.231. The number of aromatic amines is 1. The van der Waals surface area contributed by atoms with Gasteiger partial charge in [0.1, 0.15) is 0 Å². The summed E-state index contributed by atoms with van der Waals surface area (Å²) in [6.07, 6.45) is 1.93. The van der Waals surface area contributed by atoms with E-state index in [9.17, 15) is 4.79 Å². The van der Waals surface area contributed by atoms with E-state index in [1.165, 1.54) is 0 Å². The summed E-state index contributed by atoms with van der Waals surface area (Å²) in [6.45, 7) is 2.09. The Morgan fingerprint density at radius 2 is 2.26 bits per heavy atom. The maximum atomic E-state index is 12.1. The number of hydrogen-bond acceptors (Lipinski definition) is 3. The minimum atomic E-state index is -0.242. The van der Waals surface area contributed by atoms with Crippen molar-refractivity contribution < 1.29 is 4.79 Å². The molecule has 0 bridgehead atoms. The molecule has 6 heteroatoms. The number of carbonyl (C=O) groups is 1. The molecule has 0 spiro atoms. The van der Waals surface area contributed by atoms with Gasteiger partial charge in [-0.15, -0.1) is 0 Å². The monoisotopic (exact) mass is 322 g/mol. The molecule has 4 N–H and O–H groups in total. The summed E-state index contributed by atoms with van der Waals surface area (Å²) in [5, 5.41) is 9.68. The Morgan fingerprint density at radius 3 is 3.00 bits per heavy atom. The number of hydrogen-bond donors (Lipinski definition) is 3. The summed E-state index contributed by atoms with van der Waals surface area (Å²) >= 11 is 3.33. The highest BCUT2D eigenvalue weighted by Crippen LogP contribution is 2.20. The van der Waals surface area contributed by atoms with E-state index in [2.05, 4.69) is 38.4 Å². The predicted octanol–water partition coefficient (Wildman–Crippen LogP) is 2.96. The summed E-state index contributed by atoms with van der Waals surface area (Å²) in [7, 11) is 0. The molecule has 0 saturated carbocycles. The maximum Gasteiger partial charge on any atom is 0.258 e. The van der Waals surface area contributed by atoms with Gasteiger partial charge in [0.2, 0.25) is 0 Å².